The van der Waals surface area contributed by atoms with Crippen LogP contribution in [0, 0.1) is 6.92 Å². The van der Waals surface area contributed by atoms with Crippen LogP contribution in [0.1, 0.15) is 20.8 Å². The van der Waals surface area contributed by atoms with E-state index >= 15 is 0 Å². The SMILES string of the molecule is CCO.CCO.CCO.[CH2-]CN=C=O.[Ti]. The Morgan fingerprint density at radius 2 is 1.27 bits per heavy atom. The maximum absolute atomic E-state index is 9.07. The summed E-state index contributed by atoms with van der Waals surface area (Å²) in [5.74, 6) is 0. The minimum absolute atomic E-state index is 0. The van der Waals surface area contributed by atoms with Gasteiger partial charge in [-0.3, -0.25) is 0 Å². The number of nitrogens with zero attached hydrogens (tertiary/aromatic N) is 1. The Morgan fingerprint density at radius 1 is 1.07 bits per heavy atom. The van der Waals surface area contributed by atoms with Crippen molar-refractivity contribution in [3.05, 3.63) is 6.92 Å². The molecule has 0 aliphatic heterocycles. The monoisotopic (exact) mass is 256 g/mol. The van der Waals surface area contributed by atoms with E-state index in [1.165, 1.54) is 6.08 Å². The van der Waals surface area contributed by atoms with Gasteiger partial charge in [-0.2, -0.15) is 0 Å². The summed E-state index contributed by atoms with van der Waals surface area (Å²) in [4.78, 5) is 12.1. The van der Waals surface area contributed by atoms with Gasteiger partial charge < -0.3 is 22.2 Å². The maximum atomic E-state index is 9.07. The molecule has 0 aromatic heterocycles. The van der Waals surface area contributed by atoms with E-state index in [9.17, 15) is 0 Å². The van der Waals surface area contributed by atoms with Crippen LogP contribution in [0.4, 0.5) is 0 Å². The fourth-order valence-electron chi connectivity index (χ4n) is 0.0456. The van der Waals surface area contributed by atoms with E-state index in [0.717, 1.165) is 0 Å². The van der Waals surface area contributed by atoms with Crippen molar-refractivity contribution < 1.29 is 41.8 Å². The Labute approximate surface area is 107 Å². The summed E-state index contributed by atoms with van der Waals surface area (Å²) in [6, 6.07) is 0. The number of hydrogen-bond donors (Lipinski definition) is 3. The predicted octanol–water partition coefficient (Wildman–Crippen LogP) is 0.150. The molecule has 3 N–H and O–H groups in total. The van der Waals surface area contributed by atoms with Crippen molar-refractivity contribution in [3.63, 3.8) is 0 Å². The fraction of sp³-hybridized carbons (Fsp3) is 0.778. The summed E-state index contributed by atoms with van der Waals surface area (Å²) in [6.45, 7) is 9.33. The third-order valence-corrected chi connectivity index (χ3v) is 0.176. The van der Waals surface area contributed by atoms with Crippen molar-refractivity contribution in [3.8, 4) is 0 Å². The van der Waals surface area contributed by atoms with Gasteiger partial charge in [-0.15, -0.1) is 0 Å². The van der Waals surface area contributed by atoms with Gasteiger partial charge in [-0.25, -0.2) is 9.79 Å². The van der Waals surface area contributed by atoms with Gasteiger partial charge in [0.2, 0.25) is 6.08 Å². The van der Waals surface area contributed by atoms with Crippen LogP contribution in [0.5, 0.6) is 0 Å². The van der Waals surface area contributed by atoms with Gasteiger partial charge in [0.1, 0.15) is 0 Å². The summed E-state index contributed by atoms with van der Waals surface area (Å²) < 4.78 is 0. The molecule has 0 bridgehead atoms. The van der Waals surface area contributed by atoms with Gasteiger partial charge in [0.15, 0.2) is 0 Å². The quantitative estimate of drug-likeness (QED) is 0.269. The van der Waals surface area contributed by atoms with Crippen LogP contribution in [0.15, 0.2) is 4.99 Å². The molecule has 0 atom stereocenters. The molecule has 15 heavy (non-hydrogen) atoms. The zero-order valence-corrected chi connectivity index (χ0v) is 11.3. The van der Waals surface area contributed by atoms with Crippen LogP contribution in [0.3, 0.4) is 0 Å². The molecule has 0 saturated carbocycles. The average Bonchev–Trinajstić information content (AvgIpc) is 2.09. The van der Waals surface area contributed by atoms with E-state index < -0.39 is 0 Å². The molecule has 0 heterocycles. The molecule has 0 saturated heterocycles. The van der Waals surface area contributed by atoms with E-state index in [1.807, 2.05) is 0 Å². The van der Waals surface area contributed by atoms with Gasteiger partial charge in [0.05, 0.1) is 0 Å². The molecule has 6 heteroatoms. The molecule has 0 aromatic rings. The Morgan fingerprint density at radius 3 is 1.27 bits per heavy atom. The molecule has 0 aliphatic rings. The molecule has 92 valence electrons. The summed E-state index contributed by atoms with van der Waals surface area (Å²) in [6.07, 6.45) is 1.33. The summed E-state index contributed by atoms with van der Waals surface area (Å²) in [7, 11) is 0. The van der Waals surface area contributed by atoms with Gasteiger partial charge >= 0.3 is 0 Å². The minimum atomic E-state index is 0. The average molecular weight is 256 g/mol. The number of isocyanates is 1. The first-order valence-corrected chi connectivity index (χ1v) is 4.31. The minimum Gasteiger partial charge on any atom is -0.397 e. The zero-order valence-electron chi connectivity index (χ0n) is 9.73. The van der Waals surface area contributed by atoms with Crippen LogP contribution in [0.2, 0.25) is 0 Å². The normalized spacial score (nSPS) is 5.53. The zero-order chi connectivity index (χ0) is 12.2. The number of hydrogen-bond acceptors (Lipinski definition) is 5. The van der Waals surface area contributed by atoms with Crippen LogP contribution in [-0.4, -0.2) is 47.8 Å². The van der Waals surface area contributed by atoms with Crippen LogP contribution >= 0.6 is 0 Å². The molecule has 0 amide bonds. The van der Waals surface area contributed by atoms with Crippen molar-refractivity contribution in [1.82, 2.24) is 0 Å². The third kappa shape index (κ3) is 514. The molecule has 0 rings (SSSR count). The molecule has 0 spiro atoms. The summed E-state index contributed by atoms with van der Waals surface area (Å²) in [5, 5.41) is 22.7. The van der Waals surface area contributed by atoms with Crippen LogP contribution < -0.4 is 0 Å². The Hall–Kier alpha value is -0.0257. The van der Waals surface area contributed by atoms with Gasteiger partial charge in [0, 0.05) is 41.5 Å². The van der Waals surface area contributed by atoms with Crippen LogP contribution in [0.25, 0.3) is 0 Å². The standard InChI is InChI=1S/C3H4NO.3C2H6O.Ti/c1-2-4-3-5;3*1-2-3;/h1-2H2;3*3H,2H2,1H3;/q-1;;;;. The molecule has 0 radical (unpaired) electrons. The third-order valence-electron chi connectivity index (χ3n) is 0.176. The van der Waals surface area contributed by atoms with Crippen molar-refractivity contribution in [1.29, 1.82) is 0 Å². The maximum Gasteiger partial charge on any atom is 0.232 e. The molecule has 0 aromatic carbocycles. The summed E-state index contributed by atoms with van der Waals surface area (Å²) in [5.41, 5.74) is 0. The predicted molar refractivity (Wildman–Crippen MR) is 56.6 cm³/mol. The van der Waals surface area contributed by atoms with E-state index in [-0.39, 0.29) is 41.5 Å². The first-order chi connectivity index (χ1) is 6.66. The Bertz CT molecular complexity index is 93.4. The second-order valence-electron chi connectivity index (χ2n) is 1.42. The van der Waals surface area contributed by atoms with Crippen molar-refractivity contribution >= 4 is 6.08 Å². The van der Waals surface area contributed by atoms with Gasteiger partial charge in [-0.05, 0) is 20.8 Å². The number of aliphatic imine (C=N–C) groups is 1. The van der Waals surface area contributed by atoms with E-state index in [1.54, 1.807) is 20.8 Å². The number of aliphatic hydroxyl groups is 3. The molecule has 0 unspecified atom stereocenters. The smallest absolute Gasteiger partial charge is 0.232 e. The second kappa shape index (κ2) is 65.9. The fourth-order valence-corrected chi connectivity index (χ4v) is 0.0456. The van der Waals surface area contributed by atoms with Crippen molar-refractivity contribution in [2.45, 2.75) is 20.8 Å². The second-order valence-corrected chi connectivity index (χ2v) is 1.42. The van der Waals surface area contributed by atoms with Crippen molar-refractivity contribution in [2.75, 3.05) is 26.4 Å². The molecular weight excluding hydrogens is 234 g/mol. The number of carbonyl (C=O) groups excluding carboxylic acids is 1. The molecular formula is C9H22NO4Ti-. The Balaban J connectivity index is -0.0000000300. The van der Waals surface area contributed by atoms with Gasteiger partial charge in [-0.1, -0.05) is 6.54 Å². The van der Waals surface area contributed by atoms with E-state index in [0.29, 0.717) is 6.54 Å². The molecule has 0 fully saturated rings. The van der Waals surface area contributed by atoms with Crippen LogP contribution in [-0.2, 0) is 26.5 Å². The van der Waals surface area contributed by atoms with E-state index in [2.05, 4.69) is 11.9 Å². The molecule has 5 nitrogen and oxygen atoms in total. The largest absolute Gasteiger partial charge is 0.397 e. The van der Waals surface area contributed by atoms with Crippen molar-refractivity contribution in [2.24, 2.45) is 4.99 Å². The number of rotatable bonds is 1. The van der Waals surface area contributed by atoms with E-state index in [4.69, 9.17) is 20.1 Å². The first-order valence-electron chi connectivity index (χ1n) is 4.31. The van der Waals surface area contributed by atoms with Gasteiger partial charge in [0.25, 0.3) is 0 Å². The summed E-state index contributed by atoms with van der Waals surface area (Å²) >= 11 is 0. The molecule has 0 aliphatic carbocycles. The topological polar surface area (TPSA) is 90.1 Å². The Kier molecular flexibility index (Phi) is 129. The first kappa shape index (κ1) is 29.4. The number of aliphatic hydroxyl groups excluding tert-OH is 3.